The molecule has 0 spiro atoms. The van der Waals surface area contributed by atoms with Crippen LogP contribution in [0.25, 0.3) is 0 Å². The van der Waals surface area contributed by atoms with E-state index in [4.69, 9.17) is 5.11 Å². The molecule has 1 amide bonds. The first kappa shape index (κ1) is 12.4. The summed E-state index contributed by atoms with van der Waals surface area (Å²) in [5.41, 5.74) is 0. The van der Waals surface area contributed by atoms with E-state index in [0.717, 1.165) is 25.8 Å². The number of carboxylic acids is 1. The second-order valence-electron chi connectivity index (χ2n) is 5.38. The Labute approximate surface area is 102 Å². The Balaban J connectivity index is 1.84. The lowest BCUT2D eigenvalue weighted by atomic mass is 9.78. The maximum atomic E-state index is 12.0. The Morgan fingerprint density at radius 2 is 1.65 bits per heavy atom. The van der Waals surface area contributed by atoms with Gasteiger partial charge in [-0.15, -0.1) is 0 Å². The third-order valence-electron chi connectivity index (χ3n) is 4.21. The molecule has 2 aliphatic rings. The van der Waals surface area contributed by atoms with E-state index in [1.165, 1.54) is 19.3 Å². The molecule has 17 heavy (non-hydrogen) atoms. The van der Waals surface area contributed by atoms with Gasteiger partial charge in [0.05, 0.1) is 11.8 Å². The van der Waals surface area contributed by atoms with Crippen molar-refractivity contribution in [2.45, 2.75) is 44.9 Å². The maximum absolute atomic E-state index is 12.0. The van der Waals surface area contributed by atoms with Crippen molar-refractivity contribution in [3.8, 4) is 0 Å². The summed E-state index contributed by atoms with van der Waals surface area (Å²) in [5.74, 6) is -0.991. The van der Waals surface area contributed by atoms with E-state index >= 15 is 0 Å². The molecule has 0 aromatic carbocycles. The van der Waals surface area contributed by atoms with Crippen LogP contribution in [0.3, 0.4) is 0 Å². The quantitative estimate of drug-likeness (QED) is 0.786. The van der Waals surface area contributed by atoms with Crippen LogP contribution < -0.4 is 5.32 Å². The van der Waals surface area contributed by atoms with Crippen LogP contribution in [0, 0.1) is 17.8 Å². The number of carbonyl (C=O) groups is 2. The highest BCUT2D eigenvalue weighted by atomic mass is 16.4. The Morgan fingerprint density at radius 1 is 1.00 bits per heavy atom. The third-order valence-corrected chi connectivity index (χ3v) is 4.21. The van der Waals surface area contributed by atoms with E-state index in [1.54, 1.807) is 0 Å². The average Bonchev–Trinajstić information content (AvgIpc) is 2.26. The molecule has 2 N–H and O–H groups in total. The van der Waals surface area contributed by atoms with Gasteiger partial charge in [-0.2, -0.15) is 0 Å². The number of carbonyl (C=O) groups excluding carboxylic acids is 1. The molecule has 4 nitrogen and oxygen atoms in total. The van der Waals surface area contributed by atoms with Gasteiger partial charge in [0.25, 0.3) is 0 Å². The molecule has 2 saturated carbocycles. The van der Waals surface area contributed by atoms with Crippen LogP contribution in [-0.2, 0) is 9.59 Å². The highest BCUT2D eigenvalue weighted by molar-refractivity contribution is 5.84. The van der Waals surface area contributed by atoms with Crippen molar-refractivity contribution in [2.75, 3.05) is 6.54 Å². The fourth-order valence-electron chi connectivity index (χ4n) is 2.81. The average molecular weight is 239 g/mol. The molecule has 0 heterocycles. The third kappa shape index (κ3) is 2.99. The molecule has 0 aromatic heterocycles. The molecule has 2 atom stereocenters. The Morgan fingerprint density at radius 3 is 2.18 bits per heavy atom. The SMILES string of the molecule is O=C(O)C1CCCCC1C(=O)NCC1CCC1. The molecule has 0 saturated heterocycles. The minimum atomic E-state index is -0.812. The van der Waals surface area contributed by atoms with Gasteiger partial charge in [-0.05, 0) is 31.6 Å². The highest BCUT2D eigenvalue weighted by Crippen LogP contribution is 2.31. The van der Waals surface area contributed by atoms with E-state index in [-0.39, 0.29) is 11.8 Å². The van der Waals surface area contributed by atoms with Gasteiger partial charge in [-0.3, -0.25) is 9.59 Å². The van der Waals surface area contributed by atoms with Crippen molar-refractivity contribution < 1.29 is 14.7 Å². The summed E-state index contributed by atoms with van der Waals surface area (Å²) in [4.78, 5) is 23.1. The zero-order valence-electron chi connectivity index (χ0n) is 10.2. The van der Waals surface area contributed by atoms with Crippen LogP contribution in [0.1, 0.15) is 44.9 Å². The van der Waals surface area contributed by atoms with E-state index in [2.05, 4.69) is 5.32 Å². The van der Waals surface area contributed by atoms with E-state index < -0.39 is 11.9 Å². The van der Waals surface area contributed by atoms with Crippen molar-refractivity contribution in [3.05, 3.63) is 0 Å². The molecule has 96 valence electrons. The minimum absolute atomic E-state index is 0.0380. The first-order valence-corrected chi connectivity index (χ1v) is 6.69. The van der Waals surface area contributed by atoms with Crippen molar-refractivity contribution in [1.82, 2.24) is 5.32 Å². The summed E-state index contributed by atoms with van der Waals surface area (Å²) >= 11 is 0. The van der Waals surface area contributed by atoms with Gasteiger partial charge in [0.15, 0.2) is 0 Å². The number of aliphatic carboxylic acids is 1. The summed E-state index contributed by atoms with van der Waals surface area (Å²) < 4.78 is 0. The van der Waals surface area contributed by atoms with E-state index in [9.17, 15) is 9.59 Å². The molecule has 0 aliphatic heterocycles. The highest BCUT2D eigenvalue weighted by Gasteiger charge is 2.35. The lowest BCUT2D eigenvalue weighted by Crippen LogP contribution is -2.42. The largest absolute Gasteiger partial charge is 0.481 e. The predicted molar refractivity (Wildman–Crippen MR) is 63.4 cm³/mol. The van der Waals surface area contributed by atoms with E-state index in [0.29, 0.717) is 12.3 Å². The fraction of sp³-hybridized carbons (Fsp3) is 0.846. The fourth-order valence-corrected chi connectivity index (χ4v) is 2.81. The number of amides is 1. The number of nitrogens with one attached hydrogen (secondary N) is 1. The first-order valence-electron chi connectivity index (χ1n) is 6.69. The lowest BCUT2D eigenvalue weighted by Gasteiger charge is -2.30. The van der Waals surface area contributed by atoms with Crippen molar-refractivity contribution >= 4 is 11.9 Å². The Kier molecular flexibility index (Phi) is 4.02. The normalized spacial score (nSPS) is 29.4. The van der Waals surface area contributed by atoms with Crippen LogP contribution in [0.2, 0.25) is 0 Å². The molecule has 2 fully saturated rings. The Hall–Kier alpha value is -1.06. The maximum Gasteiger partial charge on any atom is 0.307 e. The molecular weight excluding hydrogens is 218 g/mol. The smallest absolute Gasteiger partial charge is 0.307 e. The van der Waals surface area contributed by atoms with E-state index in [1.807, 2.05) is 0 Å². The molecule has 4 heteroatoms. The molecule has 2 rings (SSSR count). The topological polar surface area (TPSA) is 66.4 Å². The second-order valence-corrected chi connectivity index (χ2v) is 5.38. The van der Waals surface area contributed by atoms with Crippen LogP contribution in [0.4, 0.5) is 0 Å². The number of hydrogen-bond acceptors (Lipinski definition) is 2. The van der Waals surface area contributed by atoms with Gasteiger partial charge >= 0.3 is 5.97 Å². The number of rotatable bonds is 4. The number of carboxylic acid groups (broad SMARTS) is 1. The molecule has 0 radical (unpaired) electrons. The van der Waals surface area contributed by atoms with Crippen LogP contribution >= 0.6 is 0 Å². The van der Waals surface area contributed by atoms with Gasteiger partial charge in [-0.1, -0.05) is 19.3 Å². The minimum Gasteiger partial charge on any atom is -0.481 e. The molecule has 0 aromatic rings. The van der Waals surface area contributed by atoms with Gasteiger partial charge in [0, 0.05) is 6.54 Å². The number of hydrogen-bond donors (Lipinski definition) is 2. The van der Waals surface area contributed by atoms with Crippen LogP contribution in [0.15, 0.2) is 0 Å². The monoisotopic (exact) mass is 239 g/mol. The van der Waals surface area contributed by atoms with Gasteiger partial charge in [-0.25, -0.2) is 0 Å². The standard InChI is InChI=1S/C13H21NO3/c15-12(14-8-9-4-3-5-9)10-6-1-2-7-11(10)13(16)17/h9-11H,1-8H2,(H,14,15)(H,16,17). The Bertz CT molecular complexity index is 299. The first-order chi connectivity index (χ1) is 8.18. The second kappa shape index (κ2) is 5.52. The lowest BCUT2D eigenvalue weighted by molar-refractivity contribution is -0.149. The van der Waals surface area contributed by atoms with Gasteiger partial charge < -0.3 is 10.4 Å². The van der Waals surface area contributed by atoms with Crippen molar-refractivity contribution in [3.63, 3.8) is 0 Å². The molecule has 2 aliphatic carbocycles. The summed E-state index contributed by atoms with van der Waals surface area (Å²) in [6.07, 6.45) is 6.96. The molecule has 0 bridgehead atoms. The molecular formula is C13H21NO3. The van der Waals surface area contributed by atoms with Crippen molar-refractivity contribution in [2.24, 2.45) is 17.8 Å². The predicted octanol–water partition coefficient (Wildman–Crippen LogP) is 1.79. The summed E-state index contributed by atoms with van der Waals surface area (Å²) in [6.45, 7) is 0.738. The van der Waals surface area contributed by atoms with Gasteiger partial charge in [0.2, 0.25) is 5.91 Å². The zero-order chi connectivity index (χ0) is 12.3. The summed E-state index contributed by atoms with van der Waals surface area (Å²) in [7, 11) is 0. The van der Waals surface area contributed by atoms with Crippen LogP contribution in [-0.4, -0.2) is 23.5 Å². The van der Waals surface area contributed by atoms with Crippen LogP contribution in [0.5, 0.6) is 0 Å². The molecule has 2 unspecified atom stereocenters. The van der Waals surface area contributed by atoms with Crippen molar-refractivity contribution in [1.29, 1.82) is 0 Å². The summed E-state index contributed by atoms with van der Waals surface area (Å²) in [6, 6.07) is 0. The van der Waals surface area contributed by atoms with Gasteiger partial charge in [0.1, 0.15) is 0 Å². The summed E-state index contributed by atoms with van der Waals surface area (Å²) in [5, 5.41) is 12.0. The zero-order valence-corrected chi connectivity index (χ0v) is 10.2.